The van der Waals surface area contributed by atoms with Gasteiger partial charge in [0.05, 0.1) is 0 Å². The lowest BCUT2D eigenvalue weighted by molar-refractivity contribution is 0.0704. The van der Waals surface area contributed by atoms with Crippen LogP contribution < -0.4 is 5.32 Å². The highest BCUT2D eigenvalue weighted by atomic mass is 15.3. The Bertz CT molecular complexity index is 465. The minimum atomic E-state index is 0.477. The van der Waals surface area contributed by atoms with Gasteiger partial charge in [-0.15, -0.1) is 0 Å². The number of likely N-dealkylation sites (N-methyl/N-ethyl adjacent to an activating group) is 2. The van der Waals surface area contributed by atoms with Crippen LogP contribution in [0.2, 0.25) is 0 Å². The Morgan fingerprint density at radius 2 is 1.76 bits per heavy atom. The molecular formula is C18H29N3. The molecule has 1 aromatic carbocycles. The van der Waals surface area contributed by atoms with Crippen molar-refractivity contribution in [3.05, 3.63) is 35.4 Å². The highest BCUT2D eigenvalue weighted by Crippen LogP contribution is 2.39. The van der Waals surface area contributed by atoms with Crippen LogP contribution in [0.25, 0.3) is 0 Å². The van der Waals surface area contributed by atoms with Crippen LogP contribution in [-0.4, -0.2) is 55.6 Å². The van der Waals surface area contributed by atoms with Crippen molar-refractivity contribution >= 4 is 0 Å². The molecule has 3 unspecified atom stereocenters. The average Bonchev–Trinajstić information content (AvgIpc) is 2.55. The Labute approximate surface area is 129 Å². The molecule has 3 heteroatoms. The molecule has 116 valence electrons. The van der Waals surface area contributed by atoms with E-state index in [-0.39, 0.29) is 0 Å². The summed E-state index contributed by atoms with van der Waals surface area (Å²) in [5.41, 5.74) is 3.06. The maximum atomic E-state index is 3.60. The predicted octanol–water partition coefficient (Wildman–Crippen LogP) is 2.46. The average molecular weight is 287 g/mol. The van der Waals surface area contributed by atoms with E-state index in [1.165, 1.54) is 44.7 Å². The summed E-state index contributed by atoms with van der Waals surface area (Å²) in [6.07, 6.45) is 1.27. The van der Waals surface area contributed by atoms with Crippen molar-refractivity contribution in [2.75, 3.05) is 39.8 Å². The molecule has 21 heavy (non-hydrogen) atoms. The predicted molar refractivity (Wildman–Crippen MR) is 88.7 cm³/mol. The Kier molecular flexibility index (Phi) is 4.63. The lowest BCUT2D eigenvalue weighted by Crippen LogP contribution is -2.54. The molecule has 0 bridgehead atoms. The van der Waals surface area contributed by atoms with Gasteiger partial charge in [0, 0.05) is 38.3 Å². The number of nitrogens with one attached hydrogen (secondary N) is 1. The summed E-state index contributed by atoms with van der Waals surface area (Å²) < 4.78 is 0. The number of hydrogen-bond acceptors (Lipinski definition) is 3. The third-order valence-electron chi connectivity index (χ3n) is 5.48. The van der Waals surface area contributed by atoms with Gasteiger partial charge in [-0.1, -0.05) is 38.1 Å². The van der Waals surface area contributed by atoms with Gasteiger partial charge in [0.1, 0.15) is 0 Å². The van der Waals surface area contributed by atoms with E-state index in [9.17, 15) is 0 Å². The molecule has 1 fully saturated rings. The van der Waals surface area contributed by atoms with Gasteiger partial charge in [0.25, 0.3) is 0 Å². The van der Waals surface area contributed by atoms with E-state index in [0.29, 0.717) is 18.0 Å². The number of rotatable bonds is 3. The van der Waals surface area contributed by atoms with Gasteiger partial charge >= 0.3 is 0 Å². The minimum absolute atomic E-state index is 0.477. The molecule has 0 spiro atoms. The van der Waals surface area contributed by atoms with Gasteiger partial charge in [-0.3, -0.25) is 4.90 Å². The summed E-state index contributed by atoms with van der Waals surface area (Å²) >= 11 is 0. The summed E-state index contributed by atoms with van der Waals surface area (Å²) in [7, 11) is 2.12. The van der Waals surface area contributed by atoms with Gasteiger partial charge in [-0.2, -0.15) is 0 Å². The van der Waals surface area contributed by atoms with E-state index in [1.807, 2.05) is 0 Å². The highest BCUT2D eigenvalue weighted by Gasteiger charge is 2.36. The zero-order valence-corrected chi connectivity index (χ0v) is 13.7. The van der Waals surface area contributed by atoms with Gasteiger partial charge < -0.3 is 10.2 Å². The Morgan fingerprint density at radius 3 is 2.38 bits per heavy atom. The largest absolute Gasteiger partial charge is 0.312 e. The van der Waals surface area contributed by atoms with Crippen molar-refractivity contribution in [1.29, 1.82) is 0 Å². The van der Waals surface area contributed by atoms with E-state index < -0.39 is 0 Å². The molecule has 3 rings (SSSR count). The van der Waals surface area contributed by atoms with E-state index in [0.717, 1.165) is 0 Å². The summed E-state index contributed by atoms with van der Waals surface area (Å²) in [5.74, 6) is 0.667. The van der Waals surface area contributed by atoms with Gasteiger partial charge in [-0.05, 0) is 37.1 Å². The molecule has 1 aliphatic heterocycles. The Morgan fingerprint density at radius 1 is 1.10 bits per heavy atom. The number of fused-ring (bicyclic) bond motifs is 1. The van der Waals surface area contributed by atoms with E-state index in [2.05, 4.69) is 60.3 Å². The molecule has 0 saturated carbocycles. The standard InChI is InChI=1S/C18H29N3/c1-4-20-9-11-21(12-10-20)17-13-14(2)15-7-5-6-8-16(15)18(17)19-3/h5-8,14,17-19H,4,9-13H2,1-3H3. The number of hydrogen-bond donors (Lipinski definition) is 1. The van der Waals surface area contributed by atoms with Crippen LogP contribution in [0.1, 0.15) is 43.4 Å². The lowest BCUT2D eigenvalue weighted by Gasteiger charge is -2.46. The second-order valence-corrected chi connectivity index (χ2v) is 6.57. The van der Waals surface area contributed by atoms with Crippen LogP contribution in [0.15, 0.2) is 24.3 Å². The van der Waals surface area contributed by atoms with E-state index in [1.54, 1.807) is 5.56 Å². The molecule has 1 saturated heterocycles. The first-order valence-corrected chi connectivity index (χ1v) is 8.47. The molecule has 0 radical (unpaired) electrons. The van der Waals surface area contributed by atoms with Crippen molar-refractivity contribution in [3.63, 3.8) is 0 Å². The zero-order chi connectivity index (χ0) is 14.8. The summed E-state index contributed by atoms with van der Waals surface area (Å²) in [6.45, 7) is 10.7. The van der Waals surface area contributed by atoms with Crippen LogP contribution in [0.3, 0.4) is 0 Å². The number of benzene rings is 1. The van der Waals surface area contributed by atoms with Gasteiger partial charge in [0.15, 0.2) is 0 Å². The van der Waals surface area contributed by atoms with E-state index >= 15 is 0 Å². The molecule has 0 amide bonds. The SMILES string of the molecule is CCN1CCN(C2CC(C)c3ccccc3C2NC)CC1. The van der Waals surface area contributed by atoms with Crippen LogP contribution >= 0.6 is 0 Å². The van der Waals surface area contributed by atoms with Crippen LogP contribution in [0.4, 0.5) is 0 Å². The molecule has 1 heterocycles. The van der Waals surface area contributed by atoms with Crippen molar-refractivity contribution in [1.82, 2.24) is 15.1 Å². The maximum Gasteiger partial charge on any atom is 0.0478 e. The first kappa shape index (κ1) is 15.0. The van der Waals surface area contributed by atoms with Crippen molar-refractivity contribution in [3.8, 4) is 0 Å². The lowest BCUT2D eigenvalue weighted by atomic mass is 9.77. The fourth-order valence-electron chi connectivity index (χ4n) is 4.19. The van der Waals surface area contributed by atoms with Crippen LogP contribution in [0.5, 0.6) is 0 Å². The fraction of sp³-hybridized carbons (Fsp3) is 0.667. The first-order valence-electron chi connectivity index (χ1n) is 8.47. The van der Waals surface area contributed by atoms with Crippen molar-refractivity contribution in [2.45, 2.75) is 38.3 Å². The maximum absolute atomic E-state index is 3.60. The fourth-order valence-corrected chi connectivity index (χ4v) is 4.19. The second-order valence-electron chi connectivity index (χ2n) is 6.57. The molecule has 2 aliphatic rings. The molecule has 3 atom stereocenters. The molecule has 1 aromatic rings. The summed E-state index contributed by atoms with van der Waals surface area (Å²) in [5, 5.41) is 3.60. The quantitative estimate of drug-likeness (QED) is 0.921. The van der Waals surface area contributed by atoms with Crippen LogP contribution in [-0.2, 0) is 0 Å². The normalized spacial score (nSPS) is 31.1. The molecule has 0 aromatic heterocycles. The summed E-state index contributed by atoms with van der Waals surface area (Å²) in [6, 6.07) is 10.1. The third kappa shape index (κ3) is 2.87. The van der Waals surface area contributed by atoms with E-state index in [4.69, 9.17) is 0 Å². The third-order valence-corrected chi connectivity index (χ3v) is 5.48. The molecular weight excluding hydrogens is 258 g/mol. The Balaban J connectivity index is 1.80. The van der Waals surface area contributed by atoms with Crippen molar-refractivity contribution in [2.24, 2.45) is 0 Å². The smallest absolute Gasteiger partial charge is 0.0478 e. The second kappa shape index (κ2) is 6.47. The van der Waals surface area contributed by atoms with Crippen LogP contribution in [0, 0.1) is 0 Å². The monoisotopic (exact) mass is 287 g/mol. The highest BCUT2D eigenvalue weighted by molar-refractivity contribution is 5.36. The molecule has 1 aliphatic carbocycles. The minimum Gasteiger partial charge on any atom is -0.312 e. The summed E-state index contributed by atoms with van der Waals surface area (Å²) in [4.78, 5) is 5.28. The Hall–Kier alpha value is -0.900. The molecule has 1 N–H and O–H groups in total. The number of nitrogens with zero attached hydrogens (tertiary/aromatic N) is 2. The molecule has 3 nitrogen and oxygen atoms in total. The zero-order valence-electron chi connectivity index (χ0n) is 13.7. The first-order chi connectivity index (χ1) is 10.2. The van der Waals surface area contributed by atoms with Gasteiger partial charge in [0.2, 0.25) is 0 Å². The van der Waals surface area contributed by atoms with Crippen molar-refractivity contribution < 1.29 is 0 Å². The van der Waals surface area contributed by atoms with Gasteiger partial charge in [-0.25, -0.2) is 0 Å². The number of piperazine rings is 1. The topological polar surface area (TPSA) is 18.5 Å².